The van der Waals surface area contributed by atoms with Crippen molar-refractivity contribution in [2.75, 3.05) is 13.1 Å². The van der Waals surface area contributed by atoms with Gasteiger partial charge in [-0.15, -0.1) is 0 Å². The Hall–Kier alpha value is -3.11. The molecule has 0 aliphatic carbocycles. The molecular weight excluding hydrogens is 388 g/mol. The van der Waals surface area contributed by atoms with Crippen LogP contribution in [-0.4, -0.2) is 66.9 Å². The maximum Gasteiger partial charge on any atom is 0.410 e. The number of hydrogen-bond donors (Lipinski definition) is 3. The fourth-order valence-electron chi connectivity index (χ4n) is 3.41. The van der Waals surface area contributed by atoms with Gasteiger partial charge in [-0.05, 0) is 46.1 Å². The zero-order valence-corrected chi connectivity index (χ0v) is 18.1. The maximum atomic E-state index is 12.4. The van der Waals surface area contributed by atoms with E-state index in [0.717, 1.165) is 12.1 Å². The van der Waals surface area contributed by atoms with Gasteiger partial charge in [-0.3, -0.25) is 4.68 Å². The average Bonchev–Trinajstić information content (AvgIpc) is 3.38. The van der Waals surface area contributed by atoms with Gasteiger partial charge in [-0.25, -0.2) is 9.59 Å². The molecule has 2 unspecified atom stereocenters. The number of aryl methyl sites for hydroxylation is 1. The van der Waals surface area contributed by atoms with Crippen LogP contribution in [0, 0.1) is 5.92 Å². The van der Waals surface area contributed by atoms with E-state index in [-0.39, 0.29) is 30.6 Å². The van der Waals surface area contributed by atoms with Crippen molar-refractivity contribution >= 4 is 12.1 Å². The monoisotopic (exact) mass is 418 g/mol. The van der Waals surface area contributed by atoms with E-state index in [1.54, 1.807) is 15.8 Å². The molecule has 2 aromatic heterocycles. The molecule has 1 saturated heterocycles. The molecule has 0 bridgehead atoms. The van der Waals surface area contributed by atoms with Crippen LogP contribution in [0.1, 0.15) is 39.8 Å². The van der Waals surface area contributed by atoms with E-state index in [1.165, 1.54) is 0 Å². The highest BCUT2D eigenvalue weighted by Gasteiger charge is 2.33. The Morgan fingerprint density at radius 1 is 1.37 bits per heavy atom. The largest absolute Gasteiger partial charge is 0.444 e. The number of carbonyl (C=O) groups excluding carboxylic acids is 2. The minimum Gasteiger partial charge on any atom is -0.444 e. The topological polar surface area (TPSA) is 130 Å². The molecule has 1 aliphatic heterocycles. The lowest BCUT2D eigenvalue weighted by atomic mass is 10.0. The highest BCUT2D eigenvalue weighted by Crippen LogP contribution is 2.22. The van der Waals surface area contributed by atoms with E-state index in [0.29, 0.717) is 24.5 Å². The summed E-state index contributed by atoms with van der Waals surface area (Å²) in [5.41, 5.74) is 1.56. The predicted molar refractivity (Wildman–Crippen MR) is 109 cm³/mol. The summed E-state index contributed by atoms with van der Waals surface area (Å²) < 4.78 is 7.12. The molecule has 2 aromatic rings. The molecule has 164 valence electrons. The zero-order valence-electron chi connectivity index (χ0n) is 18.1. The first-order chi connectivity index (χ1) is 14.1. The third-order valence-corrected chi connectivity index (χ3v) is 5.04. The van der Waals surface area contributed by atoms with E-state index in [9.17, 15) is 9.59 Å². The molecule has 3 rings (SSSR count). The number of aromatic nitrogens is 5. The molecule has 1 aliphatic rings. The first kappa shape index (κ1) is 21.6. The number of carbonyl (C=O) groups is 2. The molecule has 0 aromatic carbocycles. The van der Waals surface area contributed by atoms with Crippen LogP contribution in [0.5, 0.6) is 0 Å². The number of nitrogens with one attached hydrogen (secondary N) is 3. The molecular formula is C19H30N8O3. The van der Waals surface area contributed by atoms with Crippen LogP contribution in [-0.2, 0) is 18.3 Å². The van der Waals surface area contributed by atoms with Crippen molar-refractivity contribution in [3.8, 4) is 11.4 Å². The van der Waals surface area contributed by atoms with Crippen LogP contribution in [0.25, 0.3) is 11.4 Å². The normalized spacial score (nSPS) is 17.6. The summed E-state index contributed by atoms with van der Waals surface area (Å²) in [6, 6.07) is 1.45. The Morgan fingerprint density at radius 2 is 2.13 bits per heavy atom. The second kappa shape index (κ2) is 8.72. The van der Waals surface area contributed by atoms with Gasteiger partial charge < -0.3 is 20.3 Å². The van der Waals surface area contributed by atoms with Gasteiger partial charge in [0.25, 0.3) is 0 Å². The molecule has 11 heteroatoms. The molecule has 3 amide bonds. The van der Waals surface area contributed by atoms with Gasteiger partial charge in [0.15, 0.2) is 0 Å². The first-order valence-corrected chi connectivity index (χ1v) is 10.0. The van der Waals surface area contributed by atoms with Crippen molar-refractivity contribution in [1.29, 1.82) is 0 Å². The first-order valence-electron chi connectivity index (χ1n) is 10.0. The van der Waals surface area contributed by atoms with E-state index >= 15 is 0 Å². The number of aromatic amines is 1. The average molecular weight is 419 g/mol. The third kappa shape index (κ3) is 5.28. The fourth-order valence-corrected chi connectivity index (χ4v) is 3.41. The van der Waals surface area contributed by atoms with Gasteiger partial charge in [0.1, 0.15) is 17.0 Å². The van der Waals surface area contributed by atoms with Gasteiger partial charge >= 0.3 is 12.1 Å². The Morgan fingerprint density at radius 3 is 2.80 bits per heavy atom. The van der Waals surface area contributed by atoms with Crippen molar-refractivity contribution in [3.05, 3.63) is 18.0 Å². The number of amides is 3. The van der Waals surface area contributed by atoms with Crippen molar-refractivity contribution in [1.82, 2.24) is 40.7 Å². The number of H-pyrrole nitrogens is 1. The van der Waals surface area contributed by atoms with Crippen LogP contribution in [0.3, 0.4) is 0 Å². The number of urea groups is 1. The number of ether oxygens (including phenoxy) is 1. The van der Waals surface area contributed by atoms with E-state index in [4.69, 9.17) is 4.74 Å². The fraction of sp³-hybridized carbons (Fsp3) is 0.632. The smallest absolute Gasteiger partial charge is 0.410 e. The van der Waals surface area contributed by atoms with Crippen LogP contribution in [0.15, 0.2) is 12.3 Å². The minimum absolute atomic E-state index is 0.0914. The molecule has 30 heavy (non-hydrogen) atoms. The van der Waals surface area contributed by atoms with E-state index < -0.39 is 5.60 Å². The molecule has 0 radical (unpaired) electrons. The maximum absolute atomic E-state index is 12.4. The number of hydrogen-bond acceptors (Lipinski definition) is 6. The lowest BCUT2D eigenvalue weighted by Crippen LogP contribution is -2.45. The van der Waals surface area contributed by atoms with E-state index in [1.807, 2.05) is 40.8 Å². The molecule has 3 heterocycles. The summed E-state index contributed by atoms with van der Waals surface area (Å²) in [6.45, 7) is 8.90. The Labute approximate surface area is 175 Å². The third-order valence-electron chi connectivity index (χ3n) is 5.04. The Kier molecular flexibility index (Phi) is 6.28. The predicted octanol–water partition coefficient (Wildman–Crippen LogP) is 1.65. The van der Waals surface area contributed by atoms with Gasteiger partial charge in [-0.1, -0.05) is 0 Å². The number of likely N-dealkylation sites (tertiary alicyclic amines) is 1. The standard InChI is InChI=1S/C19H30N8O3/c1-12(13-7-9-27(11-13)18(29)30-19(2,3)4)22-17(28)20-10-14-16(24-25-23-14)15-6-8-21-26(15)5/h6,8,12-13H,7,9-11H2,1-5H3,(H2,20,22,28)(H,23,24,25). The zero-order chi connectivity index (χ0) is 21.9. The van der Waals surface area contributed by atoms with Crippen LogP contribution in [0.2, 0.25) is 0 Å². The second-order valence-corrected chi connectivity index (χ2v) is 8.55. The molecule has 0 saturated carbocycles. The Bertz CT molecular complexity index is 884. The summed E-state index contributed by atoms with van der Waals surface area (Å²) in [6.07, 6.45) is 2.18. The molecule has 11 nitrogen and oxygen atoms in total. The minimum atomic E-state index is -0.519. The summed E-state index contributed by atoms with van der Waals surface area (Å²) in [4.78, 5) is 26.3. The van der Waals surface area contributed by atoms with Crippen molar-refractivity contribution in [2.24, 2.45) is 13.0 Å². The van der Waals surface area contributed by atoms with Crippen LogP contribution >= 0.6 is 0 Å². The van der Waals surface area contributed by atoms with Crippen molar-refractivity contribution < 1.29 is 14.3 Å². The van der Waals surface area contributed by atoms with Gasteiger partial charge in [0.05, 0.1) is 12.2 Å². The Balaban J connectivity index is 1.48. The lowest BCUT2D eigenvalue weighted by Gasteiger charge is -2.25. The molecule has 0 spiro atoms. The summed E-state index contributed by atoms with van der Waals surface area (Å²) >= 11 is 0. The van der Waals surface area contributed by atoms with Crippen LogP contribution in [0.4, 0.5) is 9.59 Å². The molecule has 1 fully saturated rings. The van der Waals surface area contributed by atoms with Gasteiger partial charge in [-0.2, -0.15) is 20.5 Å². The lowest BCUT2D eigenvalue weighted by molar-refractivity contribution is 0.0286. The number of nitrogens with zero attached hydrogens (tertiary/aromatic N) is 5. The van der Waals surface area contributed by atoms with Crippen LogP contribution < -0.4 is 10.6 Å². The van der Waals surface area contributed by atoms with Crippen molar-refractivity contribution in [2.45, 2.75) is 52.3 Å². The SMILES string of the molecule is CC(NC(=O)NCc1n[nH]nc1-c1ccnn1C)C1CCN(C(=O)OC(C)(C)C)C1. The van der Waals surface area contributed by atoms with Crippen molar-refractivity contribution in [3.63, 3.8) is 0 Å². The summed E-state index contributed by atoms with van der Waals surface area (Å²) in [7, 11) is 1.82. The van der Waals surface area contributed by atoms with E-state index in [2.05, 4.69) is 31.1 Å². The molecule has 3 N–H and O–H groups in total. The highest BCUT2D eigenvalue weighted by atomic mass is 16.6. The summed E-state index contributed by atoms with van der Waals surface area (Å²) in [5.74, 6) is 0.167. The highest BCUT2D eigenvalue weighted by molar-refractivity contribution is 5.74. The quantitative estimate of drug-likeness (QED) is 0.677. The summed E-state index contributed by atoms with van der Waals surface area (Å²) in [5, 5.41) is 20.8. The molecule has 2 atom stereocenters. The van der Waals surface area contributed by atoms with Gasteiger partial charge in [0.2, 0.25) is 0 Å². The van der Waals surface area contributed by atoms with Gasteiger partial charge in [0, 0.05) is 32.4 Å². The number of rotatable bonds is 5. The second-order valence-electron chi connectivity index (χ2n) is 8.55.